The van der Waals surface area contributed by atoms with Crippen molar-refractivity contribution in [1.29, 1.82) is 0 Å². The highest BCUT2D eigenvalue weighted by atomic mass is 16.8. The summed E-state index contributed by atoms with van der Waals surface area (Å²) in [6.45, 7) is 13.9. The van der Waals surface area contributed by atoms with E-state index in [4.69, 9.17) is 47.4 Å². The van der Waals surface area contributed by atoms with Crippen LogP contribution in [0.1, 0.15) is 113 Å². The molecule has 10 aliphatic rings. The maximum absolute atomic E-state index is 13.7. The number of carboxylic acids is 1. The Morgan fingerprint density at radius 3 is 1.68 bits per heavy atom. The Labute approximate surface area is 493 Å². The number of rotatable bonds is 13. The number of carbonyl (C=O) groups is 1. The number of allylic oxidation sites excluding steroid dienone is 1. The van der Waals surface area contributed by atoms with E-state index in [1.165, 1.54) is 13.8 Å². The second kappa shape index (κ2) is 24.0. The van der Waals surface area contributed by atoms with Crippen molar-refractivity contribution >= 4 is 5.97 Å². The average Bonchev–Trinajstić information content (AvgIpc) is 0.702. The van der Waals surface area contributed by atoms with Crippen molar-refractivity contribution in [3.63, 3.8) is 0 Å². The number of aliphatic hydroxyl groups excluding tert-OH is 14. The molecule has 10 rings (SSSR count). The molecule has 5 aliphatic carbocycles. The summed E-state index contributed by atoms with van der Waals surface area (Å²) in [6.07, 6.45) is -34.9. The molecule has 27 heteroatoms. The van der Waals surface area contributed by atoms with Crippen molar-refractivity contribution in [3.05, 3.63) is 11.6 Å². The summed E-state index contributed by atoms with van der Waals surface area (Å²) >= 11 is 0. The van der Waals surface area contributed by atoms with E-state index in [1.807, 2.05) is 6.92 Å². The number of hydrogen-bond acceptors (Lipinski definition) is 26. The first-order valence-corrected chi connectivity index (χ1v) is 30.3. The fraction of sp³-hybridized carbons (Fsp3) is 0.948. The molecule has 5 heterocycles. The Kier molecular flexibility index (Phi) is 18.7. The summed E-state index contributed by atoms with van der Waals surface area (Å²) < 4.78 is 61.1. The van der Waals surface area contributed by atoms with Gasteiger partial charge in [0.25, 0.3) is 0 Å². The van der Waals surface area contributed by atoms with Crippen molar-refractivity contribution in [1.82, 2.24) is 0 Å². The van der Waals surface area contributed by atoms with Gasteiger partial charge >= 0.3 is 5.97 Å². The molecule has 0 amide bonds. The molecular weight excluding hydrogens is 1130 g/mol. The van der Waals surface area contributed by atoms with Crippen molar-refractivity contribution in [3.8, 4) is 0 Å². The normalized spacial score (nSPS) is 56.2. The van der Waals surface area contributed by atoms with Crippen LogP contribution in [0.4, 0.5) is 0 Å². The molecule has 5 aliphatic heterocycles. The van der Waals surface area contributed by atoms with Crippen LogP contribution in [-0.2, 0) is 52.2 Å². The van der Waals surface area contributed by atoms with Gasteiger partial charge in [0.2, 0.25) is 0 Å². The molecule has 0 spiro atoms. The van der Waals surface area contributed by atoms with E-state index in [-0.39, 0.29) is 36.2 Å². The van der Waals surface area contributed by atoms with Crippen molar-refractivity contribution in [2.45, 2.75) is 278 Å². The van der Waals surface area contributed by atoms with Crippen LogP contribution in [0.2, 0.25) is 0 Å². The van der Waals surface area contributed by atoms with E-state index >= 15 is 0 Å². The Hall–Kier alpha value is -1.79. The summed E-state index contributed by atoms with van der Waals surface area (Å²) in [7, 11) is 0. The number of hydrogen-bond donors (Lipinski definition) is 16. The fourth-order valence-corrected chi connectivity index (χ4v) is 17.4. The SMILES string of the molecule is C[C@@H]1O[C@@H](O[C@H]2[C@H](O[C@@H]3CC(C)(C)C[C@@H]4C5=CC[C@@H]6[C@@]7(C)CC[C@H](O[C@@H]8O[C@H](C(=O)O)[C@@H](O)[C@H](O)[C@H]8O[C@@H]8O[C@H](CO)[C@H](O)[C@H](O)[C@H]8O[C@@H]8O[C@@H](C)[C@H](O)[C@@H](O)[C@H]8O)[C@@](C)(CO)[C@H]7CC[C@@]6(C)[C@]5(O)CC[C@]43C)OC[C@H](O)[C@@H]2O)[C@H](O)[C@H](O)[C@H]1O. The molecule has 16 N–H and O–H groups in total. The Morgan fingerprint density at radius 1 is 0.553 bits per heavy atom. The van der Waals surface area contributed by atoms with Gasteiger partial charge in [0.05, 0.1) is 49.8 Å². The topological polar surface area (TPSA) is 433 Å². The number of aliphatic hydroxyl groups is 15. The quantitative estimate of drug-likeness (QED) is 0.0636. The molecule has 0 bridgehead atoms. The van der Waals surface area contributed by atoms with E-state index < -0.39 is 206 Å². The lowest BCUT2D eigenvalue weighted by atomic mass is 9.35. The third-order valence-corrected chi connectivity index (χ3v) is 22.7. The monoisotopic (exact) mass is 1220 g/mol. The first-order valence-electron chi connectivity index (χ1n) is 30.3. The van der Waals surface area contributed by atoms with Crippen LogP contribution >= 0.6 is 0 Å². The second-order valence-corrected chi connectivity index (χ2v) is 28.3. The van der Waals surface area contributed by atoms with E-state index in [0.717, 1.165) is 5.57 Å². The smallest absolute Gasteiger partial charge is 0.335 e. The highest BCUT2D eigenvalue weighted by molar-refractivity contribution is 5.73. The van der Waals surface area contributed by atoms with Gasteiger partial charge in [0, 0.05) is 16.2 Å². The van der Waals surface area contributed by atoms with E-state index in [2.05, 4.69) is 40.7 Å². The Morgan fingerprint density at radius 2 is 1.11 bits per heavy atom. The van der Waals surface area contributed by atoms with Crippen LogP contribution in [0.15, 0.2) is 11.6 Å². The molecule has 0 unspecified atom stereocenters. The van der Waals surface area contributed by atoms with Crippen LogP contribution < -0.4 is 0 Å². The zero-order valence-corrected chi connectivity index (χ0v) is 49.5. The molecule has 0 aromatic heterocycles. The second-order valence-electron chi connectivity index (χ2n) is 28.3. The molecule has 9 fully saturated rings. The van der Waals surface area contributed by atoms with Crippen LogP contribution in [0, 0.1) is 44.8 Å². The summed E-state index contributed by atoms with van der Waals surface area (Å²) in [5, 5.41) is 177. The van der Waals surface area contributed by atoms with Crippen molar-refractivity contribution in [2.24, 2.45) is 44.8 Å². The average molecular weight is 1220 g/mol. The minimum atomic E-state index is -2.15. The van der Waals surface area contributed by atoms with Gasteiger partial charge in [0.15, 0.2) is 37.6 Å². The van der Waals surface area contributed by atoms with Crippen LogP contribution in [0.25, 0.3) is 0 Å². The lowest BCUT2D eigenvalue weighted by Gasteiger charge is -2.71. The van der Waals surface area contributed by atoms with Crippen molar-refractivity contribution < 1.29 is 134 Å². The van der Waals surface area contributed by atoms with Crippen LogP contribution in [0.3, 0.4) is 0 Å². The zero-order valence-electron chi connectivity index (χ0n) is 49.5. The summed E-state index contributed by atoms with van der Waals surface area (Å²) in [5.74, 6) is -2.31. The van der Waals surface area contributed by atoms with Gasteiger partial charge in [-0.15, -0.1) is 0 Å². The van der Waals surface area contributed by atoms with Crippen LogP contribution in [0.5, 0.6) is 0 Å². The number of carboxylic acid groups (broad SMARTS) is 1. The molecule has 0 aromatic carbocycles. The molecule has 4 saturated carbocycles. The largest absolute Gasteiger partial charge is 0.479 e. The highest BCUT2D eigenvalue weighted by Crippen LogP contribution is 2.73. The van der Waals surface area contributed by atoms with Gasteiger partial charge in [-0.05, 0) is 106 Å². The molecule has 85 heavy (non-hydrogen) atoms. The first-order chi connectivity index (χ1) is 39.7. The lowest BCUT2D eigenvalue weighted by Crippen LogP contribution is -2.70. The van der Waals surface area contributed by atoms with Gasteiger partial charge < -0.3 is 129 Å². The van der Waals surface area contributed by atoms with Gasteiger partial charge in [-0.25, -0.2) is 4.79 Å². The highest BCUT2D eigenvalue weighted by Gasteiger charge is 2.71. The van der Waals surface area contributed by atoms with Crippen molar-refractivity contribution in [2.75, 3.05) is 19.8 Å². The van der Waals surface area contributed by atoms with E-state index in [9.17, 15) is 86.5 Å². The standard InChI is InChI=1S/C58H94O27/c1-22-32(62)36(66)41(71)48(77-22)83-44-34(64)26(61)20-76-50(44)81-31-18-53(3,4)17-25-24-9-10-29-55(6)13-12-30(56(7,21-60)28(55)11-14-57(29,8)58(24,75)16-15-54(25,31)5)80-52-46(40(70)39(69)43(82-52)47(73)74)85-51-45(38(68)35(65)27(19-59)79-51)84-49-42(72)37(67)33(63)23(2)78-49/h9,22-23,25-46,48-52,59-72,75H,10-21H2,1-8H3,(H,73,74)/t22-,23-,25+,26-,27+,28-,29+,30-,31+,32-,33-,34-,35-,36+,37+,38-,39-,40-,41+,42+,43-,44+,45+,46+,48-,49-,50-,51-,52+,54+,55-,56-,57+,58-/m0/s1. The minimum absolute atomic E-state index is 0.149. The number of ether oxygens (including phenoxy) is 10. The third-order valence-electron chi connectivity index (χ3n) is 22.7. The first kappa shape index (κ1) is 66.1. The molecule has 0 aromatic rings. The third kappa shape index (κ3) is 11.0. The molecule has 0 radical (unpaired) electrons. The Balaban J connectivity index is 0.898. The summed E-state index contributed by atoms with van der Waals surface area (Å²) in [5.41, 5.74) is -3.71. The fourth-order valence-electron chi connectivity index (χ4n) is 17.4. The molecule has 5 saturated heterocycles. The summed E-state index contributed by atoms with van der Waals surface area (Å²) in [6, 6.07) is 0. The maximum Gasteiger partial charge on any atom is 0.335 e. The molecule has 488 valence electrons. The predicted octanol–water partition coefficient (Wildman–Crippen LogP) is -3.26. The minimum Gasteiger partial charge on any atom is -0.479 e. The predicted molar refractivity (Wildman–Crippen MR) is 285 cm³/mol. The maximum atomic E-state index is 13.7. The van der Waals surface area contributed by atoms with Gasteiger partial charge in [-0.2, -0.15) is 0 Å². The Bertz CT molecular complexity index is 2390. The van der Waals surface area contributed by atoms with E-state index in [0.29, 0.717) is 51.4 Å². The summed E-state index contributed by atoms with van der Waals surface area (Å²) in [4.78, 5) is 12.6. The number of aliphatic carboxylic acids is 1. The number of fused-ring (bicyclic) bond motifs is 7. The lowest BCUT2D eigenvalue weighted by molar-refractivity contribution is -0.396. The molecular formula is C58H94O27. The van der Waals surface area contributed by atoms with Gasteiger partial charge in [0.1, 0.15) is 97.7 Å². The van der Waals surface area contributed by atoms with Crippen LogP contribution in [-0.4, -0.2) is 273 Å². The van der Waals surface area contributed by atoms with Gasteiger partial charge in [-0.1, -0.05) is 47.6 Å². The molecule has 34 atom stereocenters. The van der Waals surface area contributed by atoms with Gasteiger partial charge in [-0.3, -0.25) is 0 Å². The van der Waals surface area contributed by atoms with E-state index in [1.54, 1.807) is 0 Å². The molecule has 27 nitrogen and oxygen atoms in total. The zero-order chi connectivity index (χ0) is 62.2.